The Morgan fingerprint density at radius 2 is 1.78 bits per heavy atom. The van der Waals surface area contributed by atoms with Gasteiger partial charge in [-0.3, -0.25) is 9.98 Å². The molecule has 0 saturated carbocycles. The van der Waals surface area contributed by atoms with Crippen LogP contribution >= 0.6 is 11.3 Å². The van der Waals surface area contributed by atoms with Crippen molar-refractivity contribution in [2.75, 3.05) is 0 Å². The number of fused-ring (bicyclic) bond motifs is 2. The lowest BCUT2D eigenvalue weighted by Crippen LogP contribution is -2.45. The van der Waals surface area contributed by atoms with Gasteiger partial charge in [-0.1, -0.05) is 32.0 Å². The van der Waals surface area contributed by atoms with E-state index in [0.29, 0.717) is 0 Å². The number of benzene rings is 1. The molecule has 0 fully saturated rings. The first-order valence-corrected chi connectivity index (χ1v) is 8.81. The Balaban J connectivity index is 1.95. The fourth-order valence-electron chi connectivity index (χ4n) is 3.18. The molecule has 0 saturated heterocycles. The van der Waals surface area contributed by atoms with Crippen LogP contribution in [0, 0.1) is 0 Å². The molecule has 1 aliphatic heterocycles. The Hall–Kier alpha value is -2.00. The van der Waals surface area contributed by atoms with E-state index >= 15 is 0 Å². The van der Waals surface area contributed by atoms with Crippen molar-refractivity contribution in [3.05, 3.63) is 64.0 Å². The Morgan fingerprint density at radius 1 is 1.00 bits per heavy atom. The number of aromatic nitrogens is 1. The largest absolute Gasteiger partial charge is 0.276 e. The van der Waals surface area contributed by atoms with Gasteiger partial charge in [-0.15, -0.1) is 11.3 Å². The van der Waals surface area contributed by atoms with Gasteiger partial charge in [0.25, 0.3) is 0 Å². The molecule has 1 aliphatic rings. The number of hydrogen-bond donors (Lipinski definition) is 0. The second-order valence-corrected chi connectivity index (χ2v) is 8.14. The maximum absolute atomic E-state index is 5.14. The van der Waals surface area contributed by atoms with Gasteiger partial charge >= 0.3 is 0 Å². The van der Waals surface area contributed by atoms with Crippen LogP contribution in [0.3, 0.4) is 0 Å². The molecule has 0 radical (unpaired) electrons. The van der Waals surface area contributed by atoms with Crippen molar-refractivity contribution in [3.63, 3.8) is 0 Å². The van der Waals surface area contributed by atoms with Gasteiger partial charge in [0.2, 0.25) is 0 Å². The van der Waals surface area contributed by atoms with E-state index in [1.54, 1.807) is 11.3 Å². The predicted molar refractivity (Wildman–Crippen MR) is 98.8 cm³/mol. The normalized spacial score (nSPS) is 18.5. The lowest BCUT2D eigenvalue weighted by molar-refractivity contribution is 0.305. The zero-order valence-electron chi connectivity index (χ0n) is 13.9. The predicted octanol–water partition coefficient (Wildman–Crippen LogP) is 5.20. The number of para-hydroxylation sites is 1. The summed E-state index contributed by atoms with van der Waals surface area (Å²) in [6.07, 6.45) is 1.96. The molecule has 1 aromatic carbocycles. The zero-order valence-corrected chi connectivity index (χ0v) is 14.7. The van der Waals surface area contributed by atoms with E-state index in [0.717, 1.165) is 22.2 Å². The summed E-state index contributed by atoms with van der Waals surface area (Å²) in [6, 6.07) is 12.7. The summed E-state index contributed by atoms with van der Waals surface area (Å²) in [6.45, 7) is 9.03. The molecule has 0 unspecified atom stereocenters. The van der Waals surface area contributed by atoms with Crippen molar-refractivity contribution in [3.8, 4) is 0 Å². The maximum Gasteiger partial charge on any atom is 0.0844 e. The third-order valence-corrected chi connectivity index (χ3v) is 6.26. The molecule has 0 bridgehead atoms. The molecule has 0 N–H and O–H groups in total. The molecular weight excluding hydrogens is 300 g/mol. The monoisotopic (exact) mass is 320 g/mol. The Bertz CT molecular complexity index is 931. The summed E-state index contributed by atoms with van der Waals surface area (Å²) in [5.41, 5.74) is 4.48. The van der Waals surface area contributed by atoms with Crippen LogP contribution in [0.25, 0.3) is 10.9 Å². The van der Waals surface area contributed by atoms with Gasteiger partial charge in [0.15, 0.2) is 0 Å². The van der Waals surface area contributed by atoms with Crippen molar-refractivity contribution in [2.24, 2.45) is 4.99 Å². The maximum atomic E-state index is 5.14. The minimum Gasteiger partial charge on any atom is -0.276 e. The first-order valence-electron chi connectivity index (χ1n) is 7.93. The topological polar surface area (TPSA) is 25.2 Å². The average molecular weight is 320 g/mol. The molecule has 3 heterocycles. The van der Waals surface area contributed by atoms with E-state index in [2.05, 4.69) is 62.3 Å². The highest BCUT2D eigenvalue weighted by Crippen LogP contribution is 2.45. The molecule has 0 spiro atoms. The van der Waals surface area contributed by atoms with Crippen molar-refractivity contribution in [1.29, 1.82) is 0 Å². The number of rotatable bonds is 1. The zero-order chi connectivity index (χ0) is 16.2. The molecule has 4 rings (SSSR count). The third kappa shape index (κ3) is 2.07. The van der Waals surface area contributed by atoms with Crippen LogP contribution in [-0.4, -0.2) is 16.2 Å². The fourth-order valence-corrected chi connectivity index (χ4v) is 4.25. The van der Waals surface area contributed by atoms with Crippen molar-refractivity contribution < 1.29 is 0 Å². The highest BCUT2D eigenvalue weighted by molar-refractivity contribution is 7.12. The summed E-state index contributed by atoms with van der Waals surface area (Å²) >= 11 is 1.78. The molecular formula is C20H20N2S. The van der Waals surface area contributed by atoms with E-state index in [9.17, 15) is 0 Å². The quantitative estimate of drug-likeness (QED) is 0.604. The minimum absolute atomic E-state index is 0.0239. The van der Waals surface area contributed by atoms with Gasteiger partial charge in [-0.05, 0) is 43.0 Å². The number of nitrogens with zero attached hydrogens (tertiary/aromatic N) is 2. The molecule has 0 aliphatic carbocycles. The smallest absolute Gasteiger partial charge is 0.0844 e. The van der Waals surface area contributed by atoms with Crippen LogP contribution in [0.2, 0.25) is 0 Å². The highest BCUT2D eigenvalue weighted by Gasteiger charge is 2.44. The van der Waals surface area contributed by atoms with Gasteiger partial charge < -0.3 is 0 Å². The lowest BCUT2D eigenvalue weighted by atomic mass is 9.68. The molecule has 0 atom stereocenters. The van der Waals surface area contributed by atoms with Crippen LogP contribution in [0.15, 0.2) is 53.0 Å². The second kappa shape index (κ2) is 4.75. The van der Waals surface area contributed by atoms with Gasteiger partial charge in [0, 0.05) is 22.6 Å². The lowest BCUT2D eigenvalue weighted by Gasteiger charge is -2.43. The summed E-state index contributed by atoms with van der Waals surface area (Å²) in [5, 5.41) is 3.34. The van der Waals surface area contributed by atoms with Crippen LogP contribution in [0.1, 0.15) is 43.7 Å². The molecule has 3 aromatic rings. The van der Waals surface area contributed by atoms with E-state index in [4.69, 9.17) is 4.99 Å². The van der Waals surface area contributed by atoms with Crippen molar-refractivity contribution >= 4 is 28.0 Å². The summed E-state index contributed by atoms with van der Waals surface area (Å²) in [4.78, 5) is 11.0. The molecule has 116 valence electrons. The molecule has 3 heteroatoms. The van der Waals surface area contributed by atoms with Gasteiger partial charge in [0.05, 0.1) is 21.6 Å². The van der Waals surface area contributed by atoms with Gasteiger partial charge in [-0.2, -0.15) is 0 Å². The van der Waals surface area contributed by atoms with Gasteiger partial charge in [-0.25, -0.2) is 0 Å². The van der Waals surface area contributed by atoms with E-state index in [1.165, 1.54) is 10.4 Å². The van der Waals surface area contributed by atoms with Crippen LogP contribution < -0.4 is 0 Å². The summed E-state index contributed by atoms with van der Waals surface area (Å²) < 4.78 is 0. The van der Waals surface area contributed by atoms with Crippen LogP contribution in [0.4, 0.5) is 0 Å². The third-order valence-electron chi connectivity index (χ3n) is 5.34. The highest BCUT2D eigenvalue weighted by atomic mass is 32.1. The minimum atomic E-state index is -0.151. The van der Waals surface area contributed by atoms with E-state index in [1.807, 2.05) is 18.3 Å². The van der Waals surface area contributed by atoms with Crippen molar-refractivity contribution in [2.45, 2.75) is 38.6 Å². The number of hydrogen-bond acceptors (Lipinski definition) is 3. The first kappa shape index (κ1) is 14.6. The van der Waals surface area contributed by atoms with Gasteiger partial charge in [0.1, 0.15) is 0 Å². The second-order valence-electron chi connectivity index (χ2n) is 7.22. The number of pyridine rings is 1. The SMILES string of the molecule is CC1(C)N=C(c2cnc3ccccc3c2)c2sccc2C1(C)C. The molecule has 23 heavy (non-hydrogen) atoms. The summed E-state index contributed by atoms with van der Waals surface area (Å²) in [5.74, 6) is 0. The summed E-state index contributed by atoms with van der Waals surface area (Å²) in [7, 11) is 0. The first-order chi connectivity index (χ1) is 10.9. The number of aliphatic imine (C=N–C) groups is 1. The Morgan fingerprint density at radius 3 is 2.61 bits per heavy atom. The Kier molecular flexibility index (Phi) is 3.01. The van der Waals surface area contributed by atoms with E-state index < -0.39 is 0 Å². The standard InChI is InChI=1S/C20H20N2S/c1-19(2)15-9-10-23-18(15)17(22-20(19,3)4)14-11-13-7-5-6-8-16(13)21-12-14/h5-12H,1-4H3. The van der Waals surface area contributed by atoms with Crippen LogP contribution in [-0.2, 0) is 5.41 Å². The molecule has 2 nitrogen and oxygen atoms in total. The van der Waals surface area contributed by atoms with E-state index in [-0.39, 0.29) is 11.0 Å². The average Bonchev–Trinajstić information content (AvgIpc) is 3.01. The molecule has 2 aromatic heterocycles. The fraction of sp³-hybridized carbons (Fsp3) is 0.300. The van der Waals surface area contributed by atoms with Crippen molar-refractivity contribution in [1.82, 2.24) is 4.98 Å². The van der Waals surface area contributed by atoms with Crippen LogP contribution in [0.5, 0.6) is 0 Å². The Labute approximate surface area is 140 Å². The number of thiophene rings is 1. The molecule has 0 amide bonds.